The molecular weight excluding hydrogens is 430 g/mol. The molecule has 0 aliphatic carbocycles. The molecule has 2 aromatic carbocycles. The summed E-state index contributed by atoms with van der Waals surface area (Å²) in [7, 11) is -3.67. The number of hydrogen-bond donors (Lipinski definition) is 1. The predicted octanol–water partition coefficient (Wildman–Crippen LogP) is 2.61. The topological polar surface area (TPSA) is 96.0 Å². The Morgan fingerprint density at radius 3 is 2.59 bits per heavy atom. The van der Waals surface area contributed by atoms with Crippen LogP contribution in [0.25, 0.3) is 6.08 Å². The minimum Gasteiger partial charge on any atom is -0.379 e. The number of fused-ring (bicyclic) bond motifs is 1. The van der Waals surface area contributed by atoms with Gasteiger partial charge in [-0.2, -0.15) is 4.31 Å². The maximum absolute atomic E-state index is 12.9. The lowest BCUT2D eigenvalue weighted by molar-refractivity contribution is -0.129. The molecule has 2 heterocycles. The molecule has 1 unspecified atom stereocenters. The largest absolute Gasteiger partial charge is 0.379 e. The van der Waals surface area contributed by atoms with E-state index < -0.39 is 16.1 Å². The number of ether oxygens (including phenoxy) is 1. The molecule has 0 bridgehead atoms. The Morgan fingerprint density at radius 1 is 1.09 bits per heavy atom. The first-order valence-corrected chi connectivity index (χ1v) is 11.8. The second-order valence-corrected chi connectivity index (χ2v) is 9.62. The quantitative estimate of drug-likeness (QED) is 0.748. The normalized spacial score (nSPS) is 18.8. The zero-order chi connectivity index (χ0) is 22.7. The van der Waals surface area contributed by atoms with Crippen molar-refractivity contribution < 1.29 is 22.7 Å². The van der Waals surface area contributed by atoms with Crippen LogP contribution >= 0.6 is 0 Å². The van der Waals surface area contributed by atoms with Crippen molar-refractivity contribution in [1.29, 1.82) is 0 Å². The van der Waals surface area contributed by atoms with E-state index in [-0.39, 0.29) is 23.1 Å². The molecule has 8 nitrogen and oxygen atoms in total. The molecule has 0 spiro atoms. The summed E-state index contributed by atoms with van der Waals surface area (Å²) in [5, 5.41) is 2.79. The first-order valence-electron chi connectivity index (χ1n) is 10.4. The van der Waals surface area contributed by atoms with Crippen molar-refractivity contribution in [2.24, 2.45) is 0 Å². The molecule has 0 saturated carbocycles. The number of carbonyl (C=O) groups is 2. The van der Waals surface area contributed by atoms with Crippen molar-refractivity contribution in [2.75, 3.05) is 31.6 Å². The molecule has 2 aliphatic rings. The third-order valence-corrected chi connectivity index (χ3v) is 7.47. The van der Waals surface area contributed by atoms with Crippen molar-refractivity contribution in [3.05, 3.63) is 65.9 Å². The molecule has 0 radical (unpaired) electrons. The van der Waals surface area contributed by atoms with E-state index in [9.17, 15) is 18.0 Å². The minimum atomic E-state index is -3.67. The zero-order valence-electron chi connectivity index (χ0n) is 17.7. The first-order chi connectivity index (χ1) is 15.4. The summed E-state index contributed by atoms with van der Waals surface area (Å²) in [6.45, 7) is 2.78. The number of morpholine rings is 1. The predicted molar refractivity (Wildman–Crippen MR) is 120 cm³/mol. The van der Waals surface area contributed by atoms with Crippen molar-refractivity contribution in [3.63, 3.8) is 0 Å². The third kappa shape index (κ3) is 4.59. The van der Waals surface area contributed by atoms with Crippen LogP contribution in [0.15, 0.2) is 59.6 Å². The lowest BCUT2D eigenvalue weighted by atomic mass is 9.93. The fourth-order valence-corrected chi connectivity index (χ4v) is 5.43. The van der Waals surface area contributed by atoms with Crippen molar-refractivity contribution in [2.45, 2.75) is 24.3 Å². The summed E-state index contributed by atoms with van der Waals surface area (Å²) in [6, 6.07) is 13.4. The summed E-state index contributed by atoms with van der Waals surface area (Å²) in [4.78, 5) is 26.7. The van der Waals surface area contributed by atoms with Gasteiger partial charge in [-0.15, -0.1) is 0 Å². The van der Waals surface area contributed by atoms with Crippen molar-refractivity contribution in [3.8, 4) is 0 Å². The monoisotopic (exact) mass is 455 g/mol. The van der Waals surface area contributed by atoms with Gasteiger partial charge in [0.15, 0.2) is 0 Å². The van der Waals surface area contributed by atoms with Crippen molar-refractivity contribution in [1.82, 2.24) is 9.21 Å². The second kappa shape index (κ2) is 9.23. The third-order valence-electron chi connectivity index (χ3n) is 5.57. The second-order valence-electron chi connectivity index (χ2n) is 7.68. The van der Waals surface area contributed by atoms with E-state index in [1.807, 2.05) is 30.3 Å². The van der Waals surface area contributed by atoms with Crippen LogP contribution in [0.1, 0.15) is 30.5 Å². The SMILES string of the molecule is CC(=O)N1C=Cc2ccccc2C1CC(=O)Nc1cccc(S(=O)(=O)N2CCOCC2)c1. The van der Waals surface area contributed by atoms with Crippen LogP contribution in [-0.4, -0.2) is 55.7 Å². The lowest BCUT2D eigenvalue weighted by Gasteiger charge is -2.32. The molecule has 1 fully saturated rings. The summed E-state index contributed by atoms with van der Waals surface area (Å²) < 4.78 is 32.4. The number of benzene rings is 2. The molecular formula is C23H25N3O5S. The van der Waals surface area contributed by atoms with Crippen LogP contribution in [0.5, 0.6) is 0 Å². The number of hydrogen-bond acceptors (Lipinski definition) is 5. The number of nitrogens with zero attached hydrogens (tertiary/aromatic N) is 2. The molecule has 1 N–H and O–H groups in total. The van der Waals surface area contributed by atoms with Crippen LogP contribution in [0, 0.1) is 0 Å². The van der Waals surface area contributed by atoms with Crippen LogP contribution in [-0.2, 0) is 24.3 Å². The standard InChI is InChI=1S/C23H25N3O5S/c1-17(27)26-10-9-18-5-2-3-8-21(18)22(26)16-23(28)24-19-6-4-7-20(15-19)32(29,30)25-11-13-31-14-12-25/h2-10,15,22H,11-14,16H2,1H3,(H,24,28). The van der Waals surface area contributed by atoms with Crippen LogP contribution in [0.4, 0.5) is 5.69 Å². The van der Waals surface area contributed by atoms with E-state index in [0.717, 1.165) is 11.1 Å². The van der Waals surface area contributed by atoms with Gasteiger partial charge in [0.1, 0.15) is 0 Å². The maximum atomic E-state index is 12.9. The van der Waals surface area contributed by atoms with E-state index in [0.29, 0.717) is 32.0 Å². The van der Waals surface area contributed by atoms with E-state index >= 15 is 0 Å². The summed E-state index contributed by atoms with van der Waals surface area (Å²) in [5.74, 6) is -0.473. The van der Waals surface area contributed by atoms with Crippen LogP contribution in [0.2, 0.25) is 0 Å². The first kappa shape index (κ1) is 22.2. The molecule has 4 rings (SSSR count). The molecule has 2 amide bonds. The Balaban J connectivity index is 1.51. The Kier molecular flexibility index (Phi) is 6.40. The number of sulfonamides is 1. The van der Waals surface area contributed by atoms with Crippen LogP contribution < -0.4 is 5.32 Å². The molecule has 0 aromatic heterocycles. The fraction of sp³-hybridized carbons (Fsp3) is 0.304. The van der Waals surface area contributed by atoms with Gasteiger partial charge in [-0.1, -0.05) is 30.3 Å². The van der Waals surface area contributed by atoms with Gasteiger partial charge < -0.3 is 15.0 Å². The zero-order valence-corrected chi connectivity index (χ0v) is 18.5. The Hall–Kier alpha value is -3.01. The number of rotatable bonds is 5. The van der Waals surface area contributed by atoms with Crippen LogP contribution in [0.3, 0.4) is 0 Å². The Labute approximate surface area is 187 Å². The van der Waals surface area contributed by atoms with E-state index in [1.54, 1.807) is 23.2 Å². The van der Waals surface area contributed by atoms with Gasteiger partial charge in [0.2, 0.25) is 21.8 Å². The van der Waals surface area contributed by atoms with E-state index in [1.165, 1.54) is 23.4 Å². The summed E-state index contributed by atoms with van der Waals surface area (Å²) in [6.07, 6.45) is 3.59. The average molecular weight is 456 g/mol. The Bertz CT molecular complexity index is 1160. The number of carbonyl (C=O) groups excluding carboxylic acids is 2. The van der Waals surface area contributed by atoms with Crippen molar-refractivity contribution >= 4 is 33.6 Å². The van der Waals surface area contributed by atoms with Gasteiger partial charge in [0.25, 0.3) is 0 Å². The molecule has 1 atom stereocenters. The van der Waals surface area contributed by atoms with Gasteiger partial charge in [-0.3, -0.25) is 9.59 Å². The molecule has 9 heteroatoms. The number of nitrogens with one attached hydrogen (secondary N) is 1. The van der Waals surface area contributed by atoms with E-state index in [4.69, 9.17) is 4.74 Å². The molecule has 2 aliphatic heterocycles. The molecule has 32 heavy (non-hydrogen) atoms. The highest BCUT2D eigenvalue weighted by molar-refractivity contribution is 7.89. The fourth-order valence-electron chi connectivity index (χ4n) is 3.97. The molecule has 168 valence electrons. The Morgan fingerprint density at radius 2 is 1.84 bits per heavy atom. The number of amides is 2. The van der Waals surface area contributed by atoms with E-state index in [2.05, 4.69) is 5.32 Å². The maximum Gasteiger partial charge on any atom is 0.243 e. The van der Waals surface area contributed by atoms with Gasteiger partial charge in [0.05, 0.1) is 30.6 Å². The van der Waals surface area contributed by atoms with Gasteiger partial charge >= 0.3 is 0 Å². The summed E-state index contributed by atoms with van der Waals surface area (Å²) >= 11 is 0. The average Bonchev–Trinajstić information content (AvgIpc) is 2.80. The highest BCUT2D eigenvalue weighted by Gasteiger charge is 2.29. The summed E-state index contributed by atoms with van der Waals surface area (Å²) in [5.41, 5.74) is 2.24. The van der Waals surface area contributed by atoms with Gasteiger partial charge in [-0.05, 0) is 35.4 Å². The molecule has 2 aromatic rings. The van der Waals surface area contributed by atoms with Gasteiger partial charge in [-0.25, -0.2) is 8.42 Å². The highest BCUT2D eigenvalue weighted by Crippen LogP contribution is 2.33. The number of anilines is 1. The minimum absolute atomic E-state index is 0.0430. The van der Waals surface area contributed by atoms with Gasteiger partial charge in [0, 0.05) is 31.9 Å². The highest BCUT2D eigenvalue weighted by atomic mass is 32.2. The molecule has 1 saturated heterocycles. The lowest BCUT2D eigenvalue weighted by Crippen LogP contribution is -2.40. The smallest absolute Gasteiger partial charge is 0.243 e.